The molecule has 0 radical (unpaired) electrons. The number of fused-ring (bicyclic) bond motifs is 1. The molecular formula is C30H25Cl2N5O4. The molecule has 208 valence electrons. The van der Waals surface area contributed by atoms with Crippen LogP contribution in [0.3, 0.4) is 0 Å². The zero-order valence-corrected chi connectivity index (χ0v) is 23.2. The van der Waals surface area contributed by atoms with Gasteiger partial charge in [0, 0.05) is 17.7 Å². The van der Waals surface area contributed by atoms with E-state index in [2.05, 4.69) is 20.3 Å². The van der Waals surface area contributed by atoms with Crippen molar-refractivity contribution in [1.82, 2.24) is 19.5 Å². The molecule has 5 aromatic rings. The van der Waals surface area contributed by atoms with Gasteiger partial charge in [0.15, 0.2) is 11.4 Å². The lowest BCUT2D eigenvalue weighted by molar-refractivity contribution is -0.252. The molecule has 2 N–H and O–H groups in total. The summed E-state index contributed by atoms with van der Waals surface area (Å²) in [5, 5.41) is 12.9. The second-order valence-corrected chi connectivity index (χ2v) is 10.4. The molecule has 3 heterocycles. The molecule has 0 spiro atoms. The molecule has 0 aliphatic carbocycles. The second kappa shape index (κ2) is 11.9. The number of hydrogen-bond acceptors (Lipinski definition) is 7. The van der Waals surface area contributed by atoms with Crippen LogP contribution in [0.25, 0.3) is 11.0 Å². The van der Waals surface area contributed by atoms with Crippen molar-refractivity contribution in [1.29, 1.82) is 0 Å². The first kappa shape index (κ1) is 27.3. The molecule has 9 nitrogen and oxygen atoms in total. The Morgan fingerprint density at radius 3 is 2.54 bits per heavy atom. The largest absolute Gasteiger partial charge is 0.392 e. The van der Waals surface area contributed by atoms with E-state index >= 15 is 0 Å². The van der Waals surface area contributed by atoms with E-state index in [9.17, 15) is 9.90 Å². The number of benzene rings is 3. The van der Waals surface area contributed by atoms with E-state index in [1.807, 2.05) is 66.7 Å². The van der Waals surface area contributed by atoms with Gasteiger partial charge in [-0.05, 0) is 35.4 Å². The fourth-order valence-corrected chi connectivity index (χ4v) is 5.06. The summed E-state index contributed by atoms with van der Waals surface area (Å²) in [5.41, 5.74) is 4.62. The first-order valence-corrected chi connectivity index (χ1v) is 13.7. The van der Waals surface area contributed by atoms with Gasteiger partial charge in [-0.3, -0.25) is 9.78 Å². The van der Waals surface area contributed by atoms with Crippen molar-refractivity contribution in [2.75, 3.05) is 5.32 Å². The zero-order chi connectivity index (χ0) is 28.3. The van der Waals surface area contributed by atoms with Crippen molar-refractivity contribution in [3.8, 4) is 0 Å². The maximum absolute atomic E-state index is 13.0. The monoisotopic (exact) mass is 589 g/mol. The van der Waals surface area contributed by atoms with Crippen LogP contribution >= 0.6 is 23.2 Å². The highest BCUT2D eigenvalue weighted by Crippen LogP contribution is 2.39. The van der Waals surface area contributed by atoms with Gasteiger partial charge in [-0.15, -0.1) is 0 Å². The summed E-state index contributed by atoms with van der Waals surface area (Å²) in [6.45, 7) is 0.379. The summed E-state index contributed by atoms with van der Waals surface area (Å²) in [6, 6.07) is 22.3. The van der Waals surface area contributed by atoms with Crippen molar-refractivity contribution in [3.05, 3.63) is 118 Å². The zero-order valence-electron chi connectivity index (χ0n) is 21.7. The lowest BCUT2D eigenvalue weighted by Gasteiger charge is -2.36. The van der Waals surface area contributed by atoms with Crippen LogP contribution < -0.4 is 5.32 Å². The predicted molar refractivity (Wildman–Crippen MR) is 155 cm³/mol. The van der Waals surface area contributed by atoms with Crippen LogP contribution in [0.1, 0.15) is 46.0 Å². The van der Waals surface area contributed by atoms with Gasteiger partial charge < -0.3 is 24.5 Å². The number of para-hydroxylation sites is 2. The predicted octanol–water partition coefficient (Wildman–Crippen LogP) is 6.12. The number of amides is 1. The van der Waals surface area contributed by atoms with E-state index < -0.39 is 6.29 Å². The number of ether oxygens (including phenoxy) is 2. The molecule has 2 aromatic heterocycles. The van der Waals surface area contributed by atoms with Crippen molar-refractivity contribution < 1.29 is 19.4 Å². The maximum Gasteiger partial charge on any atom is 0.275 e. The molecular weight excluding hydrogens is 565 g/mol. The minimum atomic E-state index is -0.730. The first-order chi connectivity index (χ1) is 20.0. The fourth-order valence-electron chi connectivity index (χ4n) is 4.75. The molecule has 3 atom stereocenters. The van der Waals surface area contributed by atoms with Gasteiger partial charge in [0.2, 0.25) is 0 Å². The topological polar surface area (TPSA) is 111 Å². The Balaban J connectivity index is 1.24. The van der Waals surface area contributed by atoms with E-state index in [1.54, 1.807) is 17.0 Å². The van der Waals surface area contributed by atoms with E-state index in [0.29, 0.717) is 34.8 Å². The molecule has 0 unspecified atom stereocenters. The van der Waals surface area contributed by atoms with Gasteiger partial charge in [-0.2, -0.15) is 0 Å². The molecule has 1 saturated heterocycles. The van der Waals surface area contributed by atoms with Crippen LogP contribution in [-0.4, -0.2) is 36.6 Å². The average Bonchev–Trinajstić information content (AvgIpc) is 3.33. The van der Waals surface area contributed by atoms with Crippen molar-refractivity contribution in [2.24, 2.45) is 0 Å². The number of aromatic nitrogens is 4. The number of anilines is 1. The third-order valence-electron chi connectivity index (χ3n) is 6.85. The third kappa shape index (κ3) is 6.09. The number of hydrogen-bond donors (Lipinski definition) is 2. The number of carbonyl (C=O) groups is 1. The Morgan fingerprint density at radius 1 is 0.976 bits per heavy atom. The third-order valence-corrected chi connectivity index (χ3v) is 7.62. The van der Waals surface area contributed by atoms with E-state index in [4.69, 9.17) is 32.7 Å². The Labute approximate surface area is 245 Å². The lowest BCUT2D eigenvalue weighted by Crippen LogP contribution is -2.32. The summed E-state index contributed by atoms with van der Waals surface area (Å²) in [7, 11) is 0. The molecule has 3 aromatic carbocycles. The van der Waals surface area contributed by atoms with Gasteiger partial charge in [-0.1, -0.05) is 71.7 Å². The van der Waals surface area contributed by atoms with Gasteiger partial charge in [-0.25, -0.2) is 9.97 Å². The van der Waals surface area contributed by atoms with Crippen molar-refractivity contribution in [3.63, 3.8) is 0 Å². The molecule has 1 aliphatic heterocycles. The summed E-state index contributed by atoms with van der Waals surface area (Å²) in [5.74, 6) is -0.378. The molecule has 41 heavy (non-hydrogen) atoms. The minimum Gasteiger partial charge on any atom is -0.392 e. The van der Waals surface area contributed by atoms with Crippen molar-refractivity contribution in [2.45, 2.75) is 38.1 Å². The number of nitrogens with one attached hydrogen (secondary N) is 1. The SMILES string of the molecule is O=C(Nc1cccc([C@H]2O[C@@H](Cn3cnc(Cl)c3Cl)C[C@@H](c3ccc(CO)cc3)O2)c1)c1cnc2ccccc2n1. The Bertz CT molecular complexity index is 1690. The summed E-state index contributed by atoms with van der Waals surface area (Å²) in [4.78, 5) is 25.8. The number of halogens is 2. The molecule has 6 rings (SSSR count). The summed E-state index contributed by atoms with van der Waals surface area (Å²) < 4.78 is 14.5. The minimum absolute atomic E-state index is 0.0383. The Kier molecular flexibility index (Phi) is 7.95. The normalized spacial score (nSPS) is 18.9. The van der Waals surface area contributed by atoms with Gasteiger partial charge in [0.1, 0.15) is 10.8 Å². The van der Waals surface area contributed by atoms with Gasteiger partial charge in [0.25, 0.3) is 5.91 Å². The number of aliphatic hydroxyl groups excluding tert-OH is 1. The molecule has 0 bridgehead atoms. The quantitative estimate of drug-likeness (QED) is 0.235. The van der Waals surface area contributed by atoms with Gasteiger partial charge >= 0.3 is 0 Å². The standard InChI is InChI=1S/C30H25Cl2N5O4/c31-27-28(32)37(17-34-27)15-22-13-26(19-10-8-18(16-38)9-11-19)41-30(40-22)20-4-3-5-21(12-20)35-29(39)25-14-33-23-6-1-2-7-24(23)36-25/h1-12,14,17,22,26,30,38H,13,15-16H2,(H,35,39)/t22-,26+,30+/m1/s1. The van der Waals surface area contributed by atoms with E-state index in [1.165, 1.54) is 6.20 Å². The Hall–Kier alpha value is -3.86. The number of aliphatic hydroxyl groups is 1. The van der Waals surface area contributed by atoms with Crippen LogP contribution in [0.2, 0.25) is 10.3 Å². The van der Waals surface area contributed by atoms with Crippen LogP contribution in [0.15, 0.2) is 85.3 Å². The average molecular weight is 590 g/mol. The number of nitrogens with zero attached hydrogens (tertiary/aromatic N) is 4. The lowest BCUT2D eigenvalue weighted by atomic mass is 10.00. The molecule has 1 amide bonds. The fraction of sp³-hybridized carbons (Fsp3) is 0.200. The van der Waals surface area contributed by atoms with Crippen LogP contribution in [0.4, 0.5) is 5.69 Å². The molecule has 11 heteroatoms. The molecule has 1 aliphatic rings. The molecule has 0 saturated carbocycles. The second-order valence-electron chi connectivity index (χ2n) is 9.65. The van der Waals surface area contributed by atoms with Gasteiger partial charge in [0.05, 0.1) is 48.9 Å². The summed E-state index contributed by atoms with van der Waals surface area (Å²) >= 11 is 12.4. The van der Waals surface area contributed by atoms with Crippen LogP contribution in [-0.2, 0) is 22.6 Å². The number of imidazole rings is 1. The molecule has 1 fully saturated rings. The highest BCUT2D eigenvalue weighted by atomic mass is 35.5. The Morgan fingerprint density at radius 2 is 1.78 bits per heavy atom. The number of carbonyl (C=O) groups excluding carboxylic acids is 1. The van der Waals surface area contributed by atoms with Crippen LogP contribution in [0, 0.1) is 0 Å². The smallest absolute Gasteiger partial charge is 0.275 e. The van der Waals surface area contributed by atoms with E-state index in [-0.39, 0.29) is 35.6 Å². The van der Waals surface area contributed by atoms with Crippen LogP contribution in [0.5, 0.6) is 0 Å². The summed E-state index contributed by atoms with van der Waals surface area (Å²) in [6.07, 6.45) is 2.28. The van der Waals surface area contributed by atoms with E-state index in [0.717, 1.165) is 16.7 Å². The maximum atomic E-state index is 13.0. The highest BCUT2D eigenvalue weighted by Gasteiger charge is 2.33. The van der Waals surface area contributed by atoms with Crippen molar-refractivity contribution >= 4 is 45.8 Å². The highest BCUT2D eigenvalue weighted by molar-refractivity contribution is 6.40. The number of rotatable bonds is 7. The first-order valence-electron chi connectivity index (χ1n) is 13.0.